The highest BCUT2D eigenvalue weighted by Gasteiger charge is 2.24. The summed E-state index contributed by atoms with van der Waals surface area (Å²) in [6.45, 7) is 8.90. The Morgan fingerprint density at radius 2 is 2.33 bits per heavy atom. The fourth-order valence-electron chi connectivity index (χ4n) is 1.95. The van der Waals surface area contributed by atoms with Crippen LogP contribution in [-0.4, -0.2) is 39.0 Å². The van der Waals surface area contributed by atoms with E-state index >= 15 is 0 Å². The average molecular weight is 215 g/mol. The maximum atomic E-state index is 5.68. The Hall–Kier alpha value is -0.120. The van der Waals surface area contributed by atoms with Crippen LogP contribution in [0.15, 0.2) is 0 Å². The lowest BCUT2D eigenvalue weighted by Gasteiger charge is -2.23. The zero-order chi connectivity index (χ0) is 10.9. The van der Waals surface area contributed by atoms with Gasteiger partial charge in [-0.25, -0.2) is 0 Å². The fourth-order valence-corrected chi connectivity index (χ4v) is 1.95. The molecule has 0 aromatic carbocycles. The summed E-state index contributed by atoms with van der Waals surface area (Å²) in [5.74, 6) is 0.645. The van der Waals surface area contributed by atoms with Gasteiger partial charge in [-0.2, -0.15) is 0 Å². The van der Waals surface area contributed by atoms with Gasteiger partial charge in [-0.05, 0) is 19.4 Å². The third-order valence-corrected chi connectivity index (χ3v) is 2.94. The van der Waals surface area contributed by atoms with Crippen LogP contribution in [0.4, 0.5) is 0 Å². The molecule has 0 aromatic heterocycles. The molecule has 0 bridgehead atoms. The molecule has 0 amide bonds. The van der Waals surface area contributed by atoms with E-state index in [1.54, 1.807) is 0 Å². The van der Waals surface area contributed by atoms with Crippen LogP contribution in [0.3, 0.4) is 0 Å². The predicted molar refractivity (Wildman–Crippen MR) is 62.1 cm³/mol. The fraction of sp³-hybridized carbons (Fsp3) is 1.00. The first kappa shape index (κ1) is 12.9. The monoisotopic (exact) mass is 215 g/mol. The first-order chi connectivity index (χ1) is 7.38. The molecule has 0 aliphatic carbocycles. The molecular formula is C12H25NO2. The zero-order valence-electron chi connectivity index (χ0n) is 10.1. The smallest absolute Gasteiger partial charge is 0.0623 e. The number of rotatable bonds is 8. The van der Waals surface area contributed by atoms with Crippen LogP contribution in [-0.2, 0) is 9.47 Å². The Balaban J connectivity index is 2.17. The van der Waals surface area contributed by atoms with Gasteiger partial charge in [0.05, 0.1) is 13.2 Å². The Morgan fingerprint density at radius 1 is 1.47 bits per heavy atom. The second-order valence-corrected chi connectivity index (χ2v) is 4.22. The van der Waals surface area contributed by atoms with Crippen molar-refractivity contribution >= 4 is 0 Å². The summed E-state index contributed by atoms with van der Waals surface area (Å²) >= 11 is 0. The number of ether oxygens (including phenoxy) is 2. The maximum Gasteiger partial charge on any atom is 0.0623 e. The van der Waals surface area contributed by atoms with Gasteiger partial charge in [0.15, 0.2) is 0 Å². The minimum absolute atomic E-state index is 0.481. The van der Waals surface area contributed by atoms with E-state index in [9.17, 15) is 0 Å². The molecule has 1 aliphatic rings. The minimum atomic E-state index is 0.481. The summed E-state index contributed by atoms with van der Waals surface area (Å²) in [5.41, 5.74) is 0. The highest BCUT2D eigenvalue weighted by molar-refractivity contribution is 4.78. The molecule has 1 rings (SSSR count). The van der Waals surface area contributed by atoms with E-state index in [1.807, 2.05) is 0 Å². The minimum Gasteiger partial charge on any atom is -0.381 e. The van der Waals surface area contributed by atoms with E-state index in [0.717, 1.165) is 33.0 Å². The van der Waals surface area contributed by atoms with Gasteiger partial charge in [-0.15, -0.1) is 0 Å². The molecule has 1 aliphatic heterocycles. The van der Waals surface area contributed by atoms with Gasteiger partial charge in [0.1, 0.15) is 0 Å². The van der Waals surface area contributed by atoms with Crippen LogP contribution in [0.25, 0.3) is 0 Å². The SMILES string of the molecule is CCCCOCC(NCC)C1CCOC1. The van der Waals surface area contributed by atoms with Crippen molar-refractivity contribution < 1.29 is 9.47 Å². The van der Waals surface area contributed by atoms with Crippen molar-refractivity contribution in [1.29, 1.82) is 0 Å². The predicted octanol–water partition coefficient (Wildman–Crippen LogP) is 1.82. The van der Waals surface area contributed by atoms with Crippen molar-refractivity contribution in [2.75, 3.05) is 33.0 Å². The summed E-state index contributed by atoms with van der Waals surface area (Å²) in [5, 5.41) is 3.50. The van der Waals surface area contributed by atoms with E-state index in [0.29, 0.717) is 12.0 Å². The molecule has 0 saturated carbocycles. The molecule has 3 heteroatoms. The third-order valence-electron chi connectivity index (χ3n) is 2.94. The Bertz CT molecular complexity index is 147. The maximum absolute atomic E-state index is 5.68. The molecule has 0 aromatic rings. The number of hydrogen-bond donors (Lipinski definition) is 1. The van der Waals surface area contributed by atoms with E-state index in [4.69, 9.17) is 9.47 Å². The highest BCUT2D eigenvalue weighted by Crippen LogP contribution is 2.17. The summed E-state index contributed by atoms with van der Waals surface area (Å²) in [7, 11) is 0. The topological polar surface area (TPSA) is 30.5 Å². The summed E-state index contributed by atoms with van der Waals surface area (Å²) in [6.07, 6.45) is 3.55. The number of hydrogen-bond acceptors (Lipinski definition) is 3. The highest BCUT2D eigenvalue weighted by atomic mass is 16.5. The van der Waals surface area contributed by atoms with E-state index < -0.39 is 0 Å². The molecule has 1 saturated heterocycles. The lowest BCUT2D eigenvalue weighted by molar-refractivity contribution is 0.0859. The molecule has 2 unspecified atom stereocenters. The molecule has 15 heavy (non-hydrogen) atoms. The van der Waals surface area contributed by atoms with Crippen molar-refractivity contribution in [2.45, 2.75) is 39.2 Å². The van der Waals surface area contributed by atoms with Gasteiger partial charge in [-0.3, -0.25) is 0 Å². The van der Waals surface area contributed by atoms with Crippen LogP contribution in [0.1, 0.15) is 33.1 Å². The molecule has 90 valence electrons. The van der Waals surface area contributed by atoms with Crippen molar-refractivity contribution in [3.8, 4) is 0 Å². The molecule has 1 N–H and O–H groups in total. The molecule has 0 radical (unpaired) electrons. The van der Waals surface area contributed by atoms with Gasteiger partial charge in [0.25, 0.3) is 0 Å². The molecule has 3 nitrogen and oxygen atoms in total. The van der Waals surface area contributed by atoms with Crippen LogP contribution < -0.4 is 5.32 Å². The number of nitrogens with one attached hydrogen (secondary N) is 1. The lowest BCUT2D eigenvalue weighted by Crippen LogP contribution is -2.40. The number of likely N-dealkylation sites (N-methyl/N-ethyl adjacent to an activating group) is 1. The average Bonchev–Trinajstić information content (AvgIpc) is 2.76. The standard InChI is InChI=1S/C12H25NO2/c1-3-5-7-14-10-12(13-4-2)11-6-8-15-9-11/h11-13H,3-10H2,1-2H3. The van der Waals surface area contributed by atoms with Crippen LogP contribution in [0.2, 0.25) is 0 Å². The van der Waals surface area contributed by atoms with Gasteiger partial charge < -0.3 is 14.8 Å². The quantitative estimate of drug-likeness (QED) is 0.626. The van der Waals surface area contributed by atoms with Gasteiger partial charge in [-0.1, -0.05) is 20.3 Å². The Labute approximate surface area is 93.5 Å². The van der Waals surface area contributed by atoms with Gasteiger partial charge in [0, 0.05) is 25.2 Å². The van der Waals surface area contributed by atoms with E-state index in [1.165, 1.54) is 19.3 Å². The van der Waals surface area contributed by atoms with Crippen LogP contribution in [0.5, 0.6) is 0 Å². The van der Waals surface area contributed by atoms with E-state index in [-0.39, 0.29) is 0 Å². The van der Waals surface area contributed by atoms with Gasteiger partial charge >= 0.3 is 0 Å². The molecule has 0 spiro atoms. The van der Waals surface area contributed by atoms with Crippen LogP contribution >= 0.6 is 0 Å². The van der Waals surface area contributed by atoms with Gasteiger partial charge in [0.2, 0.25) is 0 Å². The molecule has 2 atom stereocenters. The zero-order valence-corrected chi connectivity index (χ0v) is 10.1. The summed E-state index contributed by atoms with van der Waals surface area (Å²) in [6, 6.07) is 0.481. The largest absolute Gasteiger partial charge is 0.381 e. The second kappa shape index (κ2) is 8.08. The first-order valence-corrected chi connectivity index (χ1v) is 6.27. The van der Waals surface area contributed by atoms with E-state index in [2.05, 4.69) is 19.2 Å². The summed E-state index contributed by atoms with van der Waals surface area (Å²) in [4.78, 5) is 0. The Kier molecular flexibility index (Phi) is 6.98. The summed E-state index contributed by atoms with van der Waals surface area (Å²) < 4.78 is 11.1. The molecule has 1 fully saturated rings. The second-order valence-electron chi connectivity index (χ2n) is 4.22. The molecule has 1 heterocycles. The first-order valence-electron chi connectivity index (χ1n) is 6.27. The van der Waals surface area contributed by atoms with Crippen molar-refractivity contribution in [3.05, 3.63) is 0 Å². The molecular weight excluding hydrogens is 190 g/mol. The van der Waals surface area contributed by atoms with Crippen molar-refractivity contribution in [3.63, 3.8) is 0 Å². The van der Waals surface area contributed by atoms with Crippen LogP contribution in [0, 0.1) is 5.92 Å². The van der Waals surface area contributed by atoms with Crippen molar-refractivity contribution in [1.82, 2.24) is 5.32 Å². The number of unbranched alkanes of at least 4 members (excludes halogenated alkanes) is 1. The normalized spacial score (nSPS) is 23.2. The third kappa shape index (κ3) is 4.96. The lowest BCUT2D eigenvalue weighted by atomic mass is 10.00. The van der Waals surface area contributed by atoms with Crippen molar-refractivity contribution in [2.24, 2.45) is 5.92 Å². The Morgan fingerprint density at radius 3 is 2.93 bits per heavy atom.